The van der Waals surface area contributed by atoms with Crippen molar-refractivity contribution in [2.45, 2.75) is 0 Å². The summed E-state index contributed by atoms with van der Waals surface area (Å²) in [7, 11) is 0. The Morgan fingerprint density at radius 1 is 0.821 bits per heavy atom. The Hall–Kier alpha value is -3.64. The van der Waals surface area contributed by atoms with E-state index in [0.29, 0.717) is 22.5 Å². The Labute approximate surface area is 162 Å². The molecule has 1 aliphatic carbocycles. The molecule has 0 atom stereocenters. The van der Waals surface area contributed by atoms with Gasteiger partial charge in [-0.05, 0) is 18.2 Å². The summed E-state index contributed by atoms with van der Waals surface area (Å²) in [5.41, 5.74) is 9.40. The van der Waals surface area contributed by atoms with Crippen molar-refractivity contribution in [2.24, 2.45) is 0 Å². The fraction of sp³-hybridized carbons (Fsp3) is 0.0909. The topological polar surface area (TPSA) is 104 Å². The van der Waals surface area contributed by atoms with Gasteiger partial charge in [0.2, 0.25) is 0 Å². The number of carbonyl (C=O) groups is 2. The van der Waals surface area contributed by atoms with E-state index in [1.807, 2.05) is 30.3 Å². The summed E-state index contributed by atoms with van der Waals surface area (Å²) in [4.78, 5) is 26.4. The maximum atomic E-state index is 13.2. The number of nitrogen functional groups attached to an aromatic ring is 1. The lowest BCUT2D eigenvalue weighted by Gasteiger charge is -2.24. The first kappa shape index (κ1) is 17.8. The smallest absolute Gasteiger partial charge is 0.196 e. The Kier molecular flexibility index (Phi) is 4.55. The molecular weight excluding hydrogens is 354 g/mol. The lowest BCUT2D eigenvalue weighted by molar-refractivity contribution is 0.0980. The summed E-state index contributed by atoms with van der Waals surface area (Å²) >= 11 is 0. The lowest BCUT2D eigenvalue weighted by atomic mass is 9.82. The molecule has 0 saturated carbocycles. The van der Waals surface area contributed by atoms with E-state index in [2.05, 4.69) is 10.6 Å². The van der Waals surface area contributed by atoms with E-state index in [9.17, 15) is 9.59 Å². The summed E-state index contributed by atoms with van der Waals surface area (Å²) in [5.74, 6) is -0.532. The number of rotatable bonds is 5. The standard InChI is InChI=1S/C22H19N3O3/c23-20-17(24-10-11-26)12-16(25-13-6-2-1-3-7-13)18-19(20)22(28)15-9-5-4-8-14(15)21(18)27/h1-9,12,24-26H,10-11,23H2. The number of fused-ring (bicyclic) bond motifs is 2. The minimum absolute atomic E-state index is 0.0896. The Bertz CT molecular complexity index is 1080. The van der Waals surface area contributed by atoms with Crippen LogP contribution in [0.3, 0.4) is 0 Å². The molecular formula is C22H19N3O3. The number of benzene rings is 3. The average Bonchev–Trinajstić information content (AvgIpc) is 2.72. The van der Waals surface area contributed by atoms with Crippen molar-refractivity contribution in [1.29, 1.82) is 0 Å². The maximum Gasteiger partial charge on any atom is 0.196 e. The number of carbonyl (C=O) groups excluding carboxylic acids is 2. The highest BCUT2D eigenvalue weighted by Crippen LogP contribution is 2.40. The first-order valence-corrected chi connectivity index (χ1v) is 8.93. The third kappa shape index (κ3) is 2.90. The molecule has 0 bridgehead atoms. The molecule has 0 fully saturated rings. The highest BCUT2D eigenvalue weighted by molar-refractivity contribution is 6.32. The van der Waals surface area contributed by atoms with Gasteiger partial charge in [-0.1, -0.05) is 42.5 Å². The van der Waals surface area contributed by atoms with Crippen molar-refractivity contribution < 1.29 is 14.7 Å². The summed E-state index contributed by atoms with van der Waals surface area (Å²) in [6.07, 6.45) is 0. The number of aliphatic hydroxyl groups is 1. The zero-order valence-corrected chi connectivity index (χ0v) is 15.0. The van der Waals surface area contributed by atoms with Crippen molar-refractivity contribution in [3.05, 3.63) is 82.9 Å². The molecule has 6 nitrogen and oxygen atoms in total. The van der Waals surface area contributed by atoms with Gasteiger partial charge in [0.05, 0.1) is 34.8 Å². The van der Waals surface area contributed by atoms with E-state index < -0.39 is 0 Å². The number of hydrogen-bond donors (Lipinski definition) is 4. The van der Waals surface area contributed by atoms with Gasteiger partial charge >= 0.3 is 0 Å². The molecule has 28 heavy (non-hydrogen) atoms. The van der Waals surface area contributed by atoms with Crippen LogP contribution in [0.15, 0.2) is 60.7 Å². The van der Waals surface area contributed by atoms with Gasteiger partial charge in [-0.2, -0.15) is 0 Å². The highest BCUT2D eigenvalue weighted by atomic mass is 16.3. The van der Waals surface area contributed by atoms with E-state index in [1.165, 1.54) is 0 Å². The number of anilines is 4. The Balaban J connectivity index is 1.93. The third-order valence-corrected chi connectivity index (χ3v) is 4.72. The van der Waals surface area contributed by atoms with Crippen LogP contribution in [0, 0.1) is 0 Å². The predicted molar refractivity (Wildman–Crippen MR) is 109 cm³/mol. The normalized spacial score (nSPS) is 12.3. The molecule has 4 rings (SSSR count). The second-order valence-corrected chi connectivity index (χ2v) is 6.48. The molecule has 140 valence electrons. The van der Waals surface area contributed by atoms with Crippen molar-refractivity contribution in [3.8, 4) is 0 Å². The van der Waals surface area contributed by atoms with Gasteiger partial charge in [0.15, 0.2) is 11.6 Å². The van der Waals surface area contributed by atoms with Crippen LogP contribution in [0.4, 0.5) is 22.7 Å². The highest BCUT2D eigenvalue weighted by Gasteiger charge is 2.34. The Morgan fingerprint density at radius 3 is 2.07 bits per heavy atom. The van der Waals surface area contributed by atoms with Crippen LogP contribution >= 0.6 is 0 Å². The predicted octanol–water partition coefficient (Wildman–Crippen LogP) is 3.19. The molecule has 3 aromatic rings. The molecule has 0 aromatic heterocycles. The quantitative estimate of drug-likeness (QED) is 0.401. The molecule has 0 saturated heterocycles. The molecule has 0 aliphatic heterocycles. The largest absolute Gasteiger partial charge is 0.396 e. The zero-order valence-electron chi connectivity index (χ0n) is 15.0. The zero-order chi connectivity index (χ0) is 19.7. The van der Waals surface area contributed by atoms with Gasteiger partial charge in [0, 0.05) is 23.4 Å². The van der Waals surface area contributed by atoms with Gasteiger partial charge in [0.1, 0.15) is 0 Å². The first-order valence-electron chi connectivity index (χ1n) is 8.93. The number of ketones is 2. The van der Waals surface area contributed by atoms with Crippen molar-refractivity contribution in [3.63, 3.8) is 0 Å². The van der Waals surface area contributed by atoms with Crippen LogP contribution < -0.4 is 16.4 Å². The molecule has 0 unspecified atom stereocenters. The van der Waals surface area contributed by atoms with Crippen LogP contribution in [0.5, 0.6) is 0 Å². The average molecular weight is 373 g/mol. The summed E-state index contributed by atoms with van der Waals surface area (Å²) < 4.78 is 0. The summed E-state index contributed by atoms with van der Waals surface area (Å²) in [6.45, 7) is 0.181. The van der Waals surface area contributed by atoms with E-state index in [0.717, 1.165) is 5.69 Å². The fourth-order valence-electron chi connectivity index (χ4n) is 3.43. The molecule has 5 N–H and O–H groups in total. The van der Waals surface area contributed by atoms with E-state index in [4.69, 9.17) is 10.8 Å². The molecule has 0 heterocycles. The number of aliphatic hydroxyl groups excluding tert-OH is 1. The van der Waals surface area contributed by atoms with Gasteiger partial charge < -0.3 is 21.5 Å². The molecule has 1 aliphatic rings. The summed E-state index contributed by atoms with van der Waals surface area (Å²) in [5, 5.41) is 15.4. The molecule has 6 heteroatoms. The Morgan fingerprint density at radius 2 is 1.43 bits per heavy atom. The number of nitrogens with two attached hydrogens (primary N) is 1. The number of nitrogens with one attached hydrogen (secondary N) is 2. The van der Waals surface area contributed by atoms with Gasteiger partial charge in [-0.15, -0.1) is 0 Å². The van der Waals surface area contributed by atoms with Gasteiger partial charge in [0.25, 0.3) is 0 Å². The molecule has 0 radical (unpaired) electrons. The minimum atomic E-state index is -0.286. The van der Waals surface area contributed by atoms with Crippen LogP contribution in [-0.2, 0) is 0 Å². The van der Waals surface area contributed by atoms with E-state index in [-0.39, 0.29) is 41.5 Å². The molecule has 0 spiro atoms. The number of para-hydroxylation sites is 1. The van der Waals surface area contributed by atoms with Gasteiger partial charge in [-0.25, -0.2) is 0 Å². The SMILES string of the molecule is Nc1c(NCCO)cc(Nc2ccccc2)c2c1C(=O)c1ccccc1C2=O. The maximum absolute atomic E-state index is 13.2. The second kappa shape index (κ2) is 7.17. The van der Waals surface area contributed by atoms with Crippen molar-refractivity contribution in [2.75, 3.05) is 29.5 Å². The van der Waals surface area contributed by atoms with E-state index >= 15 is 0 Å². The first-order chi connectivity index (χ1) is 13.6. The number of hydrogen-bond acceptors (Lipinski definition) is 6. The van der Waals surface area contributed by atoms with Crippen molar-refractivity contribution >= 4 is 34.3 Å². The van der Waals surface area contributed by atoms with Crippen LogP contribution in [-0.4, -0.2) is 29.8 Å². The molecule has 3 aromatic carbocycles. The fourth-order valence-corrected chi connectivity index (χ4v) is 3.43. The minimum Gasteiger partial charge on any atom is -0.396 e. The van der Waals surface area contributed by atoms with Crippen molar-refractivity contribution in [1.82, 2.24) is 0 Å². The lowest BCUT2D eigenvalue weighted by Crippen LogP contribution is -2.24. The van der Waals surface area contributed by atoms with Crippen LogP contribution in [0.25, 0.3) is 0 Å². The second-order valence-electron chi connectivity index (χ2n) is 6.48. The molecule has 0 amide bonds. The third-order valence-electron chi connectivity index (χ3n) is 4.72. The monoisotopic (exact) mass is 373 g/mol. The van der Waals surface area contributed by atoms with Gasteiger partial charge in [-0.3, -0.25) is 9.59 Å². The summed E-state index contributed by atoms with van der Waals surface area (Å²) in [6, 6.07) is 17.8. The van der Waals surface area contributed by atoms with Crippen LogP contribution in [0.1, 0.15) is 31.8 Å². The van der Waals surface area contributed by atoms with E-state index in [1.54, 1.807) is 30.3 Å². The van der Waals surface area contributed by atoms with Crippen LogP contribution in [0.2, 0.25) is 0 Å².